The number of nitrogens with zero attached hydrogens (tertiary/aromatic N) is 2. The lowest BCUT2D eigenvalue weighted by Gasteiger charge is -2.13. The molecule has 1 aromatic heterocycles. The Kier molecular flexibility index (Phi) is 3.48. The number of likely N-dealkylation sites (tertiary alicyclic amines) is 1. The van der Waals surface area contributed by atoms with Crippen molar-refractivity contribution in [3.63, 3.8) is 0 Å². The lowest BCUT2D eigenvalue weighted by atomic mass is 10.2. The molecule has 0 aliphatic carbocycles. The Labute approximate surface area is 112 Å². The summed E-state index contributed by atoms with van der Waals surface area (Å²) >= 11 is 1.75. The van der Waals surface area contributed by atoms with Gasteiger partial charge in [0.1, 0.15) is 0 Å². The third-order valence-electron chi connectivity index (χ3n) is 3.45. The van der Waals surface area contributed by atoms with E-state index in [1.165, 1.54) is 36.2 Å². The highest BCUT2D eigenvalue weighted by atomic mass is 32.1. The fourth-order valence-electron chi connectivity index (χ4n) is 2.44. The Hall–Kier alpha value is -1.13. The van der Waals surface area contributed by atoms with Gasteiger partial charge in [-0.15, -0.1) is 0 Å². The predicted molar refractivity (Wildman–Crippen MR) is 78.5 cm³/mol. The second-order valence-electron chi connectivity index (χ2n) is 4.97. The molecule has 18 heavy (non-hydrogen) atoms. The van der Waals surface area contributed by atoms with Gasteiger partial charge in [0.05, 0.1) is 10.2 Å². The molecule has 1 aromatic carbocycles. The third-order valence-corrected chi connectivity index (χ3v) is 4.44. The van der Waals surface area contributed by atoms with E-state index >= 15 is 0 Å². The van der Waals surface area contributed by atoms with Crippen molar-refractivity contribution in [2.45, 2.75) is 19.8 Å². The standard InChI is InChI=1S/C14H19N3S/c1-11-4-5-13-12(10-11)16-14(18-13)15-6-9-17-7-2-3-8-17/h4-5,10H,2-3,6-9H2,1H3,(H,15,16). The second kappa shape index (κ2) is 5.24. The van der Waals surface area contributed by atoms with E-state index in [4.69, 9.17) is 0 Å². The Bertz CT molecular complexity index is 529. The summed E-state index contributed by atoms with van der Waals surface area (Å²) in [6, 6.07) is 6.46. The van der Waals surface area contributed by atoms with Gasteiger partial charge in [-0.25, -0.2) is 4.98 Å². The van der Waals surface area contributed by atoms with Crippen molar-refractivity contribution < 1.29 is 0 Å². The van der Waals surface area contributed by atoms with Crippen molar-refractivity contribution in [2.75, 3.05) is 31.5 Å². The minimum Gasteiger partial charge on any atom is -0.360 e. The van der Waals surface area contributed by atoms with Gasteiger partial charge < -0.3 is 10.2 Å². The van der Waals surface area contributed by atoms with E-state index in [2.05, 4.69) is 40.3 Å². The summed E-state index contributed by atoms with van der Waals surface area (Å²) < 4.78 is 1.27. The zero-order valence-corrected chi connectivity index (χ0v) is 11.6. The molecule has 2 heterocycles. The molecule has 96 valence electrons. The fourth-order valence-corrected chi connectivity index (χ4v) is 3.31. The van der Waals surface area contributed by atoms with Crippen LogP contribution in [0.5, 0.6) is 0 Å². The number of aryl methyl sites for hydroxylation is 1. The van der Waals surface area contributed by atoms with Crippen LogP contribution in [0.2, 0.25) is 0 Å². The van der Waals surface area contributed by atoms with Crippen LogP contribution in [-0.2, 0) is 0 Å². The SMILES string of the molecule is Cc1ccc2sc(NCCN3CCCC3)nc2c1. The number of thiazole rings is 1. The van der Waals surface area contributed by atoms with Crippen molar-refractivity contribution in [3.05, 3.63) is 23.8 Å². The van der Waals surface area contributed by atoms with Gasteiger partial charge in [0, 0.05) is 13.1 Å². The van der Waals surface area contributed by atoms with Crippen molar-refractivity contribution in [1.82, 2.24) is 9.88 Å². The molecule has 0 unspecified atom stereocenters. The molecule has 0 bridgehead atoms. The van der Waals surface area contributed by atoms with Gasteiger partial charge in [-0.3, -0.25) is 0 Å². The summed E-state index contributed by atoms with van der Waals surface area (Å²) in [5.74, 6) is 0. The monoisotopic (exact) mass is 261 g/mol. The number of anilines is 1. The maximum absolute atomic E-state index is 4.63. The van der Waals surface area contributed by atoms with Crippen molar-refractivity contribution in [1.29, 1.82) is 0 Å². The number of rotatable bonds is 4. The average molecular weight is 261 g/mol. The normalized spacial score (nSPS) is 16.5. The van der Waals surface area contributed by atoms with Crippen LogP contribution >= 0.6 is 11.3 Å². The van der Waals surface area contributed by atoms with Crippen LogP contribution in [0.4, 0.5) is 5.13 Å². The molecule has 0 spiro atoms. The van der Waals surface area contributed by atoms with Gasteiger partial charge in [-0.1, -0.05) is 17.4 Å². The Morgan fingerprint density at radius 2 is 2.17 bits per heavy atom. The van der Waals surface area contributed by atoms with Crippen LogP contribution < -0.4 is 5.32 Å². The van der Waals surface area contributed by atoms with E-state index in [-0.39, 0.29) is 0 Å². The van der Waals surface area contributed by atoms with Crippen LogP contribution in [0.1, 0.15) is 18.4 Å². The van der Waals surface area contributed by atoms with E-state index in [0.29, 0.717) is 0 Å². The molecule has 1 fully saturated rings. The molecule has 1 aliphatic rings. The fraction of sp³-hybridized carbons (Fsp3) is 0.500. The predicted octanol–water partition coefficient (Wildman–Crippen LogP) is 3.11. The number of aromatic nitrogens is 1. The van der Waals surface area contributed by atoms with Crippen LogP contribution in [-0.4, -0.2) is 36.1 Å². The molecule has 0 atom stereocenters. The molecule has 3 nitrogen and oxygen atoms in total. The summed E-state index contributed by atoms with van der Waals surface area (Å²) in [6.45, 7) is 6.77. The molecule has 0 radical (unpaired) electrons. The summed E-state index contributed by atoms with van der Waals surface area (Å²) in [7, 11) is 0. The van der Waals surface area contributed by atoms with E-state index < -0.39 is 0 Å². The summed E-state index contributed by atoms with van der Waals surface area (Å²) in [5.41, 5.74) is 2.39. The summed E-state index contributed by atoms with van der Waals surface area (Å²) in [4.78, 5) is 7.14. The van der Waals surface area contributed by atoms with E-state index in [1.807, 2.05) is 0 Å². The Morgan fingerprint density at radius 3 is 3.00 bits per heavy atom. The highest BCUT2D eigenvalue weighted by Gasteiger charge is 2.10. The van der Waals surface area contributed by atoms with Crippen molar-refractivity contribution in [2.24, 2.45) is 0 Å². The molecule has 2 aromatic rings. The molecule has 0 amide bonds. The van der Waals surface area contributed by atoms with Gasteiger partial charge in [-0.2, -0.15) is 0 Å². The van der Waals surface area contributed by atoms with Crippen LogP contribution in [0, 0.1) is 6.92 Å². The first-order chi connectivity index (χ1) is 8.81. The average Bonchev–Trinajstić information content (AvgIpc) is 2.97. The zero-order valence-electron chi connectivity index (χ0n) is 10.8. The quantitative estimate of drug-likeness (QED) is 0.916. The highest BCUT2D eigenvalue weighted by Crippen LogP contribution is 2.26. The zero-order chi connectivity index (χ0) is 12.4. The molecule has 1 saturated heterocycles. The largest absolute Gasteiger partial charge is 0.360 e. The number of hydrogen-bond donors (Lipinski definition) is 1. The Morgan fingerprint density at radius 1 is 1.33 bits per heavy atom. The van der Waals surface area contributed by atoms with Crippen LogP contribution in [0.25, 0.3) is 10.2 Å². The van der Waals surface area contributed by atoms with E-state index in [9.17, 15) is 0 Å². The summed E-state index contributed by atoms with van der Waals surface area (Å²) in [6.07, 6.45) is 2.72. The maximum atomic E-state index is 4.63. The van der Waals surface area contributed by atoms with Crippen LogP contribution in [0.15, 0.2) is 18.2 Å². The molecular formula is C14H19N3S. The first kappa shape index (κ1) is 11.9. The van der Waals surface area contributed by atoms with Gasteiger partial charge in [0.15, 0.2) is 5.13 Å². The third kappa shape index (κ3) is 2.65. The number of nitrogens with one attached hydrogen (secondary N) is 1. The molecule has 1 N–H and O–H groups in total. The van der Waals surface area contributed by atoms with E-state index in [0.717, 1.165) is 23.7 Å². The topological polar surface area (TPSA) is 28.2 Å². The number of fused-ring (bicyclic) bond motifs is 1. The molecule has 0 saturated carbocycles. The van der Waals surface area contributed by atoms with Crippen molar-refractivity contribution >= 4 is 26.7 Å². The maximum Gasteiger partial charge on any atom is 0.183 e. The first-order valence-corrected chi connectivity index (χ1v) is 7.46. The van der Waals surface area contributed by atoms with Gasteiger partial charge >= 0.3 is 0 Å². The lowest BCUT2D eigenvalue weighted by Crippen LogP contribution is -2.25. The molecule has 4 heteroatoms. The highest BCUT2D eigenvalue weighted by molar-refractivity contribution is 7.22. The van der Waals surface area contributed by atoms with Crippen molar-refractivity contribution in [3.8, 4) is 0 Å². The molecule has 3 rings (SSSR count). The minimum atomic E-state index is 0.999. The Balaban J connectivity index is 1.60. The van der Waals surface area contributed by atoms with E-state index in [1.54, 1.807) is 11.3 Å². The smallest absolute Gasteiger partial charge is 0.183 e. The molecule has 1 aliphatic heterocycles. The van der Waals surface area contributed by atoms with Gasteiger partial charge in [0.25, 0.3) is 0 Å². The van der Waals surface area contributed by atoms with Gasteiger partial charge in [0.2, 0.25) is 0 Å². The minimum absolute atomic E-state index is 0.999. The summed E-state index contributed by atoms with van der Waals surface area (Å²) in [5, 5.41) is 4.50. The lowest BCUT2D eigenvalue weighted by molar-refractivity contribution is 0.352. The molecular weight excluding hydrogens is 242 g/mol. The second-order valence-corrected chi connectivity index (χ2v) is 6.00. The first-order valence-electron chi connectivity index (χ1n) is 6.65. The number of benzene rings is 1. The van der Waals surface area contributed by atoms with Gasteiger partial charge in [-0.05, 0) is 50.6 Å². The number of hydrogen-bond acceptors (Lipinski definition) is 4. The van der Waals surface area contributed by atoms with Crippen LogP contribution in [0.3, 0.4) is 0 Å².